The highest BCUT2D eigenvalue weighted by molar-refractivity contribution is 6.46. The van der Waals surface area contributed by atoms with Gasteiger partial charge >= 0.3 is 0 Å². The highest BCUT2D eigenvalue weighted by atomic mass is 16.5. The number of ether oxygens (including phenoxy) is 2. The minimum atomic E-state index is -0.762. The first-order chi connectivity index (χ1) is 18.9. The van der Waals surface area contributed by atoms with Gasteiger partial charge in [-0.15, -0.1) is 0 Å². The smallest absolute Gasteiger partial charge is 0.295 e. The van der Waals surface area contributed by atoms with Crippen molar-refractivity contribution in [1.29, 1.82) is 0 Å². The third-order valence-corrected chi connectivity index (χ3v) is 6.83. The van der Waals surface area contributed by atoms with Crippen molar-refractivity contribution in [2.45, 2.75) is 59.0 Å². The summed E-state index contributed by atoms with van der Waals surface area (Å²) < 4.78 is 13.8. The van der Waals surface area contributed by atoms with Crippen LogP contribution in [0, 0.1) is 6.92 Å². The maximum atomic E-state index is 13.4. The zero-order valence-electron chi connectivity index (χ0n) is 22.9. The summed E-state index contributed by atoms with van der Waals surface area (Å²) in [6, 6.07) is 12.0. The van der Waals surface area contributed by atoms with E-state index in [0.717, 1.165) is 24.8 Å². The molecular weight excluding hydrogens is 494 g/mol. The van der Waals surface area contributed by atoms with E-state index in [1.54, 1.807) is 29.6 Å². The molecule has 1 atom stereocenters. The average molecular weight is 532 g/mol. The number of ketones is 1. The molecule has 2 aromatic carbocycles. The fourth-order valence-electron chi connectivity index (χ4n) is 4.78. The summed E-state index contributed by atoms with van der Waals surface area (Å²) >= 11 is 0. The van der Waals surface area contributed by atoms with Gasteiger partial charge in [0.05, 0.1) is 31.2 Å². The van der Waals surface area contributed by atoms with Crippen molar-refractivity contribution in [3.05, 3.63) is 83.4 Å². The Morgan fingerprint density at radius 2 is 1.77 bits per heavy atom. The van der Waals surface area contributed by atoms with Gasteiger partial charge in [-0.05, 0) is 44.4 Å². The number of aliphatic hydroxyl groups is 1. The number of nitrogens with zero attached hydrogens (tertiary/aromatic N) is 3. The number of benzene rings is 2. The van der Waals surface area contributed by atoms with Crippen LogP contribution in [0.1, 0.15) is 62.3 Å². The first-order valence-corrected chi connectivity index (χ1v) is 13.6. The Kier molecular flexibility index (Phi) is 9.41. The molecule has 1 unspecified atom stereocenters. The van der Waals surface area contributed by atoms with Gasteiger partial charge in [-0.25, -0.2) is 4.98 Å². The number of carbonyl (C=O) groups excluding carboxylic acids is 2. The van der Waals surface area contributed by atoms with E-state index >= 15 is 0 Å². The molecule has 8 heteroatoms. The Morgan fingerprint density at radius 3 is 2.46 bits per heavy atom. The second-order valence-corrected chi connectivity index (χ2v) is 9.71. The topological polar surface area (TPSA) is 93.9 Å². The van der Waals surface area contributed by atoms with Crippen LogP contribution in [0.3, 0.4) is 0 Å². The van der Waals surface area contributed by atoms with Crippen molar-refractivity contribution in [2.24, 2.45) is 0 Å². The minimum Gasteiger partial charge on any atom is -0.507 e. The lowest BCUT2D eigenvalue weighted by atomic mass is 9.94. The third kappa shape index (κ3) is 6.50. The number of rotatable bonds is 13. The average Bonchev–Trinajstić information content (AvgIpc) is 3.54. The van der Waals surface area contributed by atoms with Gasteiger partial charge in [-0.3, -0.25) is 9.59 Å². The molecule has 0 radical (unpaired) electrons. The molecule has 4 rings (SSSR count). The van der Waals surface area contributed by atoms with Crippen LogP contribution in [0.15, 0.2) is 66.8 Å². The van der Waals surface area contributed by atoms with E-state index in [-0.39, 0.29) is 11.3 Å². The number of aryl methyl sites for hydroxylation is 2. The first-order valence-electron chi connectivity index (χ1n) is 13.6. The van der Waals surface area contributed by atoms with Crippen LogP contribution in [-0.2, 0) is 16.1 Å². The molecule has 8 nitrogen and oxygen atoms in total. The molecule has 0 spiro atoms. The number of aromatic nitrogens is 2. The van der Waals surface area contributed by atoms with Gasteiger partial charge < -0.3 is 24.0 Å². The number of carbonyl (C=O) groups is 2. The molecule has 1 aliphatic heterocycles. The van der Waals surface area contributed by atoms with Gasteiger partial charge in [0.1, 0.15) is 5.76 Å². The van der Waals surface area contributed by atoms with Crippen molar-refractivity contribution in [1.82, 2.24) is 14.5 Å². The highest BCUT2D eigenvalue weighted by Gasteiger charge is 2.46. The normalized spacial score (nSPS) is 16.6. The Labute approximate surface area is 229 Å². The van der Waals surface area contributed by atoms with E-state index in [0.29, 0.717) is 55.4 Å². The van der Waals surface area contributed by atoms with Crippen molar-refractivity contribution in [2.75, 3.05) is 19.8 Å². The third-order valence-electron chi connectivity index (χ3n) is 6.83. The van der Waals surface area contributed by atoms with E-state index in [1.165, 1.54) is 0 Å². The lowest BCUT2D eigenvalue weighted by Crippen LogP contribution is -2.31. The van der Waals surface area contributed by atoms with Gasteiger partial charge in [0.15, 0.2) is 11.5 Å². The summed E-state index contributed by atoms with van der Waals surface area (Å²) in [6.45, 7) is 7.97. The summed E-state index contributed by atoms with van der Waals surface area (Å²) in [5, 5.41) is 11.3. The number of unbranched alkanes of at least 4 members (excludes halogenated alkanes) is 2. The van der Waals surface area contributed by atoms with E-state index in [9.17, 15) is 14.7 Å². The molecule has 206 valence electrons. The van der Waals surface area contributed by atoms with Gasteiger partial charge in [0.25, 0.3) is 11.7 Å². The Hall–Kier alpha value is -4.07. The maximum Gasteiger partial charge on any atom is 0.295 e. The van der Waals surface area contributed by atoms with Crippen LogP contribution >= 0.6 is 0 Å². The first kappa shape index (κ1) is 28.0. The molecule has 1 N–H and O–H groups in total. The van der Waals surface area contributed by atoms with Gasteiger partial charge in [-0.2, -0.15) is 0 Å². The van der Waals surface area contributed by atoms with E-state index in [2.05, 4.69) is 11.9 Å². The number of aliphatic hydroxyl groups excluding tert-OH is 1. The molecule has 0 saturated carbocycles. The molecule has 0 bridgehead atoms. The fraction of sp³-hybridized carbons (Fsp3) is 0.387. The van der Waals surface area contributed by atoms with Crippen LogP contribution < -0.4 is 9.47 Å². The van der Waals surface area contributed by atoms with Gasteiger partial charge in [0.2, 0.25) is 0 Å². The summed E-state index contributed by atoms with van der Waals surface area (Å²) in [7, 11) is 0. The number of amides is 1. The second kappa shape index (κ2) is 13.1. The predicted octanol–water partition coefficient (Wildman–Crippen LogP) is 5.67. The summed E-state index contributed by atoms with van der Waals surface area (Å²) in [5.74, 6) is -0.345. The molecule has 0 aliphatic carbocycles. The SMILES string of the molecule is CCCCCOc1ccc(C2C(=C(O)c3ccc(C)cc3)C(=O)C(=O)N2CCCn2ccnc2)cc1OCC. The lowest BCUT2D eigenvalue weighted by molar-refractivity contribution is -0.139. The predicted molar refractivity (Wildman–Crippen MR) is 150 cm³/mol. The number of hydrogen-bond donors (Lipinski definition) is 1. The van der Waals surface area contributed by atoms with E-state index in [4.69, 9.17) is 9.47 Å². The van der Waals surface area contributed by atoms with Crippen molar-refractivity contribution < 1.29 is 24.2 Å². The van der Waals surface area contributed by atoms with E-state index < -0.39 is 17.7 Å². The molecule has 39 heavy (non-hydrogen) atoms. The molecular formula is C31H37N3O5. The largest absolute Gasteiger partial charge is 0.507 e. The zero-order valence-corrected chi connectivity index (χ0v) is 22.9. The maximum absolute atomic E-state index is 13.4. The Bertz CT molecular complexity index is 1300. The van der Waals surface area contributed by atoms with Crippen LogP contribution in [0.25, 0.3) is 5.76 Å². The number of imidazole rings is 1. The molecule has 1 aliphatic rings. The lowest BCUT2D eigenvalue weighted by Gasteiger charge is -2.26. The van der Waals surface area contributed by atoms with Crippen LogP contribution in [-0.4, -0.2) is 51.0 Å². The van der Waals surface area contributed by atoms with Crippen LogP contribution in [0.5, 0.6) is 11.5 Å². The van der Waals surface area contributed by atoms with Crippen molar-refractivity contribution in [3.63, 3.8) is 0 Å². The molecule has 2 heterocycles. The Balaban J connectivity index is 1.72. The summed E-state index contributed by atoms with van der Waals surface area (Å²) in [5.41, 5.74) is 2.27. The molecule has 1 aromatic heterocycles. The van der Waals surface area contributed by atoms with Crippen molar-refractivity contribution >= 4 is 17.4 Å². The van der Waals surface area contributed by atoms with Gasteiger partial charge in [-0.1, -0.05) is 55.7 Å². The van der Waals surface area contributed by atoms with Crippen LogP contribution in [0.4, 0.5) is 0 Å². The van der Waals surface area contributed by atoms with Crippen LogP contribution in [0.2, 0.25) is 0 Å². The van der Waals surface area contributed by atoms with Gasteiger partial charge in [0, 0.05) is 31.0 Å². The minimum absolute atomic E-state index is 0.0746. The number of hydrogen-bond acceptors (Lipinski definition) is 6. The quantitative estimate of drug-likeness (QED) is 0.132. The fourth-order valence-corrected chi connectivity index (χ4v) is 4.78. The highest BCUT2D eigenvalue weighted by Crippen LogP contribution is 2.42. The second-order valence-electron chi connectivity index (χ2n) is 9.71. The number of Topliss-reactive ketones (excluding diaryl/α,β-unsaturated/α-hetero) is 1. The Morgan fingerprint density at radius 1 is 0.974 bits per heavy atom. The molecule has 1 saturated heterocycles. The standard InChI is InChI=1S/C31H37N3O5/c1-4-6-7-19-39-25-14-13-24(20-26(25)38-5-2)28-27(29(35)23-11-9-22(3)10-12-23)30(36)31(37)34(28)17-8-16-33-18-15-32-21-33/h9-15,18,20-21,28,35H,4-8,16-17,19H2,1-3H3. The molecule has 3 aromatic rings. The van der Waals surface area contributed by atoms with E-state index in [1.807, 2.05) is 54.9 Å². The summed E-state index contributed by atoms with van der Waals surface area (Å²) in [6.07, 6.45) is 9.01. The summed E-state index contributed by atoms with van der Waals surface area (Å²) in [4.78, 5) is 32.3. The monoisotopic (exact) mass is 531 g/mol. The van der Waals surface area contributed by atoms with Crippen molar-refractivity contribution in [3.8, 4) is 11.5 Å². The molecule has 1 fully saturated rings. The zero-order chi connectivity index (χ0) is 27.8. The molecule has 1 amide bonds. The number of likely N-dealkylation sites (tertiary alicyclic amines) is 1.